The fourth-order valence-corrected chi connectivity index (χ4v) is 2.67. The van der Waals surface area contributed by atoms with Gasteiger partial charge in [0.05, 0.1) is 0 Å². The summed E-state index contributed by atoms with van der Waals surface area (Å²) in [5.41, 5.74) is 0. The van der Waals surface area contributed by atoms with E-state index < -0.39 is 0 Å². The van der Waals surface area contributed by atoms with Crippen LogP contribution in [0.1, 0.15) is 84.5 Å². The Hall–Kier alpha value is 0.700. The molecule has 0 aromatic heterocycles. The number of hydrogen-bond donors (Lipinski definition) is 2. The number of rotatable bonds is 12. The zero-order chi connectivity index (χ0) is 12.9. The van der Waals surface area contributed by atoms with E-state index in [1.54, 1.807) is 0 Å². The predicted octanol–water partition coefficient (Wildman–Crippen LogP) is 5.91. The highest BCUT2D eigenvalue weighted by Crippen LogP contribution is 2.19. The molecular weight excluding hydrogens is 244 g/mol. The Labute approximate surface area is 120 Å². The van der Waals surface area contributed by atoms with Crippen molar-refractivity contribution in [3.63, 3.8) is 0 Å². The SMILES string of the molecule is CCCCCCCCCCCC(S)C(S)CC. The van der Waals surface area contributed by atoms with Crippen LogP contribution in [0.3, 0.4) is 0 Å². The van der Waals surface area contributed by atoms with Crippen molar-refractivity contribution in [1.82, 2.24) is 0 Å². The number of hydrogen-bond acceptors (Lipinski definition) is 2. The zero-order valence-corrected chi connectivity index (χ0v) is 13.6. The van der Waals surface area contributed by atoms with Crippen molar-refractivity contribution < 1.29 is 0 Å². The first-order chi connectivity index (χ1) is 8.22. The van der Waals surface area contributed by atoms with E-state index >= 15 is 0 Å². The molecule has 0 spiro atoms. The Morgan fingerprint density at radius 2 is 1.12 bits per heavy atom. The predicted molar refractivity (Wildman–Crippen MR) is 87.7 cm³/mol. The fraction of sp³-hybridized carbons (Fsp3) is 1.00. The van der Waals surface area contributed by atoms with Crippen molar-refractivity contribution in [1.29, 1.82) is 0 Å². The molecule has 2 unspecified atom stereocenters. The topological polar surface area (TPSA) is 0 Å². The summed E-state index contributed by atoms with van der Waals surface area (Å²) in [5, 5.41) is 0.972. The molecule has 104 valence electrons. The minimum Gasteiger partial charge on any atom is -0.175 e. The van der Waals surface area contributed by atoms with Gasteiger partial charge in [0.25, 0.3) is 0 Å². The molecule has 0 fully saturated rings. The van der Waals surface area contributed by atoms with Crippen LogP contribution in [-0.4, -0.2) is 10.5 Å². The minimum absolute atomic E-state index is 0.479. The summed E-state index contributed by atoms with van der Waals surface area (Å²) in [6.45, 7) is 4.47. The lowest BCUT2D eigenvalue weighted by atomic mass is 10.0. The van der Waals surface area contributed by atoms with E-state index in [1.807, 2.05) is 0 Å². The molecule has 0 amide bonds. The highest BCUT2D eigenvalue weighted by molar-refractivity contribution is 7.85. The van der Waals surface area contributed by atoms with E-state index in [0.29, 0.717) is 10.5 Å². The van der Waals surface area contributed by atoms with E-state index in [9.17, 15) is 0 Å². The van der Waals surface area contributed by atoms with Gasteiger partial charge in [0.2, 0.25) is 0 Å². The van der Waals surface area contributed by atoms with Gasteiger partial charge in [-0.15, -0.1) is 0 Å². The van der Waals surface area contributed by atoms with Crippen LogP contribution in [0, 0.1) is 0 Å². The van der Waals surface area contributed by atoms with Crippen molar-refractivity contribution in [3.8, 4) is 0 Å². The second kappa shape index (κ2) is 13.1. The first-order valence-corrected chi connectivity index (χ1v) is 8.61. The van der Waals surface area contributed by atoms with Gasteiger partial charge in [0.15, 0.2) is 0 Å². The zero-order valence-electron chi connectivity index (χ0n) is 11.8. The molecule has 0 heterocycles. The molecule has 0 bridgehead atoms. The van der Waals surface area contributed by atoms with Gasteiger partial charge in [-0.05, 0) is 12.8 Å². The molecule has 2 atom stereocenters. The van der Waals surface area contributed by atoms with Crippen LogP contribution in [0.4, 0.5) is 0 Å². The Morgan fingerprint density at radius 1 is 0.647 bits per heavy atom. The summed E-state index contributed by atoms with van der Waals surface area (Å²) < 4.78 is 0. The lowest BCUT2D eigenvalue weighted by Crippen LogP contribution is -2.13. The lowest BCUT2D eigenvalue weighted by Gasteiger charge is -2.16. The first kappa shape index (κ1) is 17.7. The van der Waals surface area contributed by atoms with Gasteiger partial charge in [0.1, 0.15) is 0 Å². The maximum Gasteiger partial charge on any atom is 0.0133 e. The van der Waals surface area contributed by atoms with Gasteiger partial charge in [-0.2, -0.15) is 25.3 Å². The third-order valence-corrected chi connectivity index (χ3v) is 5.04. The molecule has 0 rings (SSSR count). The molecule has 0 radical (unpaired) electrons. The lowest BCUT2D eigenvalue weighted by molar-refractivity contribution is 0.549. The second-order valence-electron chi connectivity index (χ2n) is 5.16. The standard InChI is InChI=1S/C15H32S2/c1-3-5-6-7-8-9-10-11-12-13-15(17)14(16)4-2/h14-17H,3-13H2,1-2H3. The molecule has 0 aliphatic heterocycles. The van der Waals surface area contributed by atoms with Gasteiger partial charge in [-0.3, -0.25) is 0 Å². The smallest absolute Gasteiger partial charge is 0.0133 e. The van der Waals surface area contributed by atoms with E-state index in [-0.39, 0.29) is 0 Å². The number of thiol groups is 2. The van der Waals surface area contributed by atoms with Gasteiger partial charge in [-0.1, -0.05) is 71.6 Å². The molecule has 0 nitrogen and oxygen atoms in total. The highest BCUT2D eigenvalue weighted by Gasteiger charge is 2.10. The molecule has 17 heavy (non-hydrogen) atoms. The van der Waals surface area contributed by atoms with E-state index in [2.05, 4.69) is 39.1 Å². The van der Waals surface area contributed by atoms with Crippen LogP contribution in [0.5, 0.6) is 0 Å². The van der Waals surface area contributed by atoms with Crippen LogP contribution < -0.4 is 0 Å². The quantitative estimate of drug-likeness (QED) is 0.321. The van der Waals surface area contributed by atoms with Crippen LogP contribution in [-0.2, 0) is 0 Å². The Morgan fingerprint density at radius 3 is 1.59 bits per heavy atom. The molecule has 0 N–H and O–H groups in total. The summed E-state index contributed by atoms with van der Waals surface area (Å²) in [7, 11) is 0. The van der Waals surface area contributed by atoms with Crippen LogP contribution in [0.2, 0.25) is 0 Å². The van der Waals surface area contributed by atoms with E-state index in [1.165, 1.54) is 64.2 Å². The van der Waals surface area contributed by atoms with E-state index in [4.69, 9.17) is 0 Å². The van der Waals surface area contributed by atoms with E-state index in [0.717, 1.165) is 6.42 Å². The summed E-state index contributed by atoms with van der Waals surface area (Å²) in [6.07, 6.45) is 15.0. The Bertz CT molecular complexity index is 148. The van der Waals surface area contributed by atoms with Gasteiger partial charge < -0.3 is 0 Å². The van der Waals surface area contributed by atoms with Gasteiger partial charge in [-0.25, -0.2) is 0 Å². The monoisotopic (exact) mass is 276 g/mol. The molecule has 0 aliphatic rings. The van der Waals surface area contributed by atoms with Crippen molar-refractivity contribution in [2.75, 3.05) is 0 Å². The summed E-state index contributed by atoms with van der Waals surface area (Å²) in [6, 6.07) is 0. The fourth-order valence-electron chi connectivity index (χ4n) is 2.13. The average molecular weight is 277 g/mol. The molecule has 0 aliphatic carbocycles. The van der Waals surface area contributed by atoms with Crippen molar-refractivity contribution >= 4 is 25.3 Å². The van der Waals surface area contributed by atoms with Crippen LogP contribution >= 0.6 is 25.3 Å². The molecular formula is C15H32S2. The molecule has 0 saturated heterocycles. The maximum atomic E-state index is 4.61. The molecule has 0 aromatic rings. The van der Waals surface area contributed by atoms with Gasteiger partial charge >= 0.3 is 0 Å². The third-order valence-electron chi connectivity index (χ3n) is 3.47. The van der Waals surface area contributed by atoms with Crippen LogP contribution in [0.15, 0.2) is 0 Å². The summed E-state index contributed by atoms with van der Waals surface area (Å²) in [4.78, 5) is 0. The first-order valence-electron chi connectivity index (χ1n) is 7.58. The maximum absolute atomic E-state index is 4.61. The van der Waals surface area contributed by atoms with Crippen molar-refractivity contribution in [3.05, 3.63) is 0 Å². The summed E-state index contributed by atoms with van der Waals surface area (Å²) >= 11 is 9.15. The second-order valence-corrected chi connectivity index (χ2v) is 6.49. The van der Waals surface area contributed by atoms with Crippen LogP contribution in [0.25, 0.3) is 0 Å². The Kier molecular flexibility index (Phi) is 13.7. The largest absolute Gasteiger partial charge is 0.175 e. The minimum atomic E-state index is 0.479. The Balaban J connectivity index is 3.13. The third kappa shape index (κ3) is 11.5. The van der Waals surface area contributed by atoms with Crippen molar-refractivity contribution in [2.24, 2.45) is 0 Å². The molecule has 2 heteroatoms. The summed E-state index contributed by atoms with van der Waals surface area (Å²) in [5.74, 6) is 0. The average Bonchev–Trinajstić information content (AvgIpc) is 2.35. The van der Waals surface area contributed by atoms with Crippen molar-refractivity contribution in [2.45, 2.75) is 95.0 Å². The molecule has 0 saturated carbocycles. The van der Waals surface area contributed by atoms with Gasteiger partial charge in [0, 0.05) is 10.5 Å². The normalized spacial score (nSPS) is 14.8. The highest BCUT2D eigenvalue weighted by atomic mass is 32.1. The molecule has 0 aromatic carbocycles. The number of unbranched alkanes of at least 4 members (excludes halogenated alkanes) is 8.